The van der Waals surface area contributed by atoms with E-state index in [0.29, 0.717) is 12.1 Å². The predicted molar refractivity (Wildman–Crippen MR) is 79.4 cm³/mol. The van der Waals surface area contributed by atoms with Gasteiger partial charge in [0.2, 0.25) is 0 Å². The molecule has 0 bridgehead atoms. The van der Waals surface area contributed by atoms with Crippen LogP contribution in [0.15, 0.2) is 18.2 Å². The van der Waals surface area contributed by atoms with Gasteiger partial charge in [-0.25, -0.2) is 0 Å². The van der Waals surface area contributed by atoms with E-state index in [9.17, 15) is 0 Å². The summed E-state index contributed by atoms with van der Waals surface area (Å²) in [7, 11) is 0. The van der Waals surface area contributed by atoms with Gasteiger partial charge in [-0.05, 0) is 51.8 Å². The van der Waals surface area contributed by atoms with Crippen LogP contribution < -0.4 is 10.2 Å². The second kappa shape index (κ2) is 5.75. The Labute approximate surface area is 111 Å². The van der Waals surface area contributed by atoms with Gasteiger partial charge in [-0.1, -0.05) is 24.6 Å². The number of anilines is 1. The van der Waals surface area contributed by atoms with Gasteiger partial charge < -0.3 is 10.2 Å². The first kappa shape index (κ1) is 13.4. The van der Waals surface area contributed by atoms with E-state index in [4.69, 9.17) is 0 Å². The highest BCUT2D eigenvalue weighted by atomic mass is 15.2. The van der Waals surface area contributed by atoms with Crippen molar-refractivity contribution in [2.75, 3.05) is 18.0 Å². The molecule has 18 heavy (non-hydrogen) atoms. The van der Waals surface area contributed by atoms with Crippen LogP contribution in [-0.2, 0) is 6.42 Å². The average Bonchev–Trinajstić information content (AvgIpc) is 2.37. The summed E-state index contributed by atoms with van der Waals surface area (Å²) in [5, 5.41) is 3.54. The quantitative estimate of drug-likeness (QED) is 0.878. The highest BCUT2D eigenvalue weighted by molar-refractivity contribution is 5.57. The first-order valence-electron chi connectivity index (χ1n) is 7.23. The Morgan fingerprint density at radius 1 is 1.33 bits per heavy atom. The summed E-state index contributed by atoms with van der Waals surface area (Å²) in [5.41, 5.74) is 4.35. The number of nitrogens with one attached hydrogen (secondary N) is 1. The maximum atomic E-state index is 3.54. The molecule has 1 heterocycles. The van der Waals surface area contributed by atoms with Crippen molar-refractivity contribution in [2.24, 2.45) is 0 Å². The third-order valence-electron chi connectivity index (χ3n) is 4.13. The fourth-order valence-electron chi connectivity index (χ4n) is 2.94. The summed E-state index contributed by atoms with van der Waals surface area (Å²) in [5.74, 6) is 0. The molecule has 0 aromatic heterocycles. The summed E-state index contributed by atoms with van der Waals surface area (Å²) in [6, 6.07) is 7.97. The smallest absolute Gasteiger partial charge is 0.0412 e. The van der Waals surface area contributed by atoms with Crippen LogP contribution in [0.3, 0.4) is 0 Å². The summed E-state index contributed by atoms with van der Waals surface area (Å²) >= 11 is 0. The molecule has 1 aliphatic heterocycles. The second-order valence-electron chi connectivity index (χ2n) is 5.52. The van der Waals surface area contributed by atoms with Crippen molar-refractivity contribution in [1.29, 1.82) is 0 Å². The van der Waals surface area contributed by atoms with Crippen LogP contribution in [0.2, 0.25) is 0 Å². The van der Waals surface area contributed by atoms with E-state index < -0.39 is 0 Å². The minimum Gasteiger partial charge on any atom is -0.367 e. The third-order valence-corrected chi connectivity index (χ3v) is 4.13. The van der Waals surface area contributed by atoms with Crippen LogP contribution in [0.4, 0.5) is 5.69 Å². The van der Waals surface area contributed by atoms with E-state index in [1.165, 1.54) is 36.2 Å². The number of aryl methyl sites for hydroxylation is 2. The lowest BCUT2D eigenvalue weighted by Crippen LogP contribution is -2.48. The van der Waals surface area contributed by atoms with E-state index in [1.807, 2.05) is 0 Å². The minimum atomic E-state index is 0.530. The van der Waals surface area contributed by atoms with E-state index >= 15 is 0 Å². The molecule has 0 spiro atoms. The Bertz CT molecular complexity index is 400. The normalized spacial score (nSPS) is 18.3. The van der Waals surface area contributed by atoms with Crippen molar-refractivity contribution in [3.05, 3.63) is 29.3 Å². The maximum absolute atomic E-state index is 3.54. The molecular weight excluding hydrogens is 220 g/mol. The topological polar surface area (TPSA) is 15.3 Å². The molecule has 0 radical (unpaired) electrons. The zero-order valence-corrected chi connectivity index (χ0v) is 12.2. The van der Waals surface area contributed by atoms with Gasteiger partial charge >= 0.3 is 0 Å². The van der Waals surface area contributed by atoms with Crippen molar-refractivity contribution in [3.63, 3.8) is 0 Å². The lowest BCUT2D eigenvalue weighted by atomic mass is 9.97. The van der Waals surface area contributed by atoms with Crippen molar-refractivity contribution in [3.8, 4) is 0 Å². The number of hydrogen-bond acceptors (Lipinski definition) is 2. The molecule has 0 fully saturated rings. The molecule has 2 rings (SSSR count). The molecule has 2 heteroatoms. The molecule has 1 aromatic carbocycles. The molecule has 100 valence electrons. The minimum absolute atomic E-state index is 0.530. The number of benzene rings is 1. The molecular formula is C16H26N2. The molecule has 2 unspecified atom stereocenters. The van der Waals surface area contributed by atoms with Crippen LogP contribution in [0, 0.1) is 6.92 Å². The lowest BCUT2D eigenvalue weighted by molar-refractivity contribution is 0.452. The first-order valence-corrected chi connectivity index (χ1v) is 7.23. The van der Waals surface area contributed by atoms with Crippen LogP contribution in [0.5, 0.6) is 0 Å². The van der Waals surface area contributed by atoms with Crippen LogP contribution in [0.25, 0.3) is 0 Å². The standard InChI is InChI=1S/C16H26N2/c1-5-17-13(3)14(4)18-10-6-7-15-11-12(2)8-9-16(15)18/h8-9,11,13-14,17H,5-7,10H2,1-4H3. The summed E-state index contributed by atoms with van der Waals surface area (Å²) in [4.78, 5) is 2.58. The van der Waals surface area contributed by atoms with Gasteiger partial charge in [-0.2, -0.15) is 0 Å². The molecule has 0 amide bonds. The molecule has 2 atom stereocenters. The zero-order valence-electron chi connectivity index (χ0n) is 12.2. The zero-order chi connectivity index (χ0) is 13.1. The monoisotopic (exact) mass is 246 g/mol. The van der Waals surface area contributed by atoms with Crippen LogP contribution in [-0.4, -0.2) is 25.2 Å². The Kier molecular flexibility index (Phi) is 4.28. The molecule has 0 aliphatic carbocycles. The van der Waals surface area contributed by atoms with E-state index in [2.05, 4.69) is 56.1 Å². The molecule has 0 saturated heterocycles. The van der Waals surface area contributed by atoms with Crippen molar-refractivity contribution >= 4 is 5.69 Å². The van der Waals surface area contributed by atoms with Gasteiger partial charge in [0.05, 0.1) is 0 Å². The fraction of sp³-hybridized carbons (Fsp3) is 0.625. The van der Waals surface area contributed by atoms with Crippen molar-refractivity contribution in [2.45, 2.75) is 52.6 Å². The Morgan fingerprint density at radius 3 is 2.83 bits per heavy atom. The van der Waals surface area contributed by atoms with E-state index in [0.717, 1.165) is 6.54 Å². The first-order chi connectivity index (χ1) is 8.63. The van der Waals surface area contributed by atoms with Crippen molar-refractivity contribution in [1.82, 2.24) is 5.32 Å². The Hall–Kier alpha value is -1.02. The average molecular weight is 246 g/mol. The highest BCUT2D eigenvalue weighted by Crippen LogP contribution is 2.30. The van der Waals surface area contributed by atoms with E-state index in [1.54, 1.807) is 0 Å². The Balaban J connectivity index is 2.21. The second-order valence-corrected chi connectivity index (χ2v) is 5.52. The van der Waals surface area contributed by atoms with E-state index in [-0.39, 0.29) is 0 Å². The maximum Gasteiger partial charge on any atom is 0.0412 e. The summed E-state index contributed by atoms with van der Waals surface area (Å²) in [6.45, 7) is 11.2. The lowest BCUT2D eigenvalue weighted by Gasteiger charge is -2.39. The van der Waals surface area contributed by atoms with Gasteiger partial charge in [0, 0.05) is 24.3 Å². The van der Waals surface area contributed by atoms with Crippen LogP contribution >= 0.6 is 0 Å². The number of nitrogens with zero attached hydrogens (tertiary/aromatic N) is 1. The number of fused-ring (bicyclic) bond motifs is 1. The van der Waals surface area contributed by atoms with Crippen LogP contribution in [0.1, 0.15) is 38.3 Å². The molecule has 0 saturated carbocycles. The number of hydrogen-bond donors (Lipinski definition) is 1. The fourth-order valence-corrected chi connectivity index (χ4v) is 2.94. The SMILES string of the molecule is CCNC(C)C(C)N1CCCc2cc(C)ccc21. The highest BCUT2D eigenvalue weighted by Gasteiger charge is 2.24. The summed E-state index contributed by atoms with van der Waals surface area (Å²) < 4.78 is 0. The largest absolute Gasteiger partial charge is 0.367 e. The number of likely N-dealkylation sites (N-methyl/N-ethyl adjacent to an activating group) is 1. The molecule has 1 N–H and O–H groups in total. The molecule has 2 nitrogen and oxygen atoms in total. The Morgan fingerprint density at radius 2 is 2.11 bits per heavy atom. The van der Waals surface area contributed by atoms with Gasteiger partial charge in [0.15, 0.2) is 0 Å². The predicted octanol–water partition coefficient (Wildman–Crippen LogP) is 3.13. The third kappa shape index (κ3) is 2.69. The van der Waals surface area contributed by atoms with Gasteiger partial charge in [-0.3, -0.25) is 0 Å². The van der Waals surface area contributed by atoms with Gasteiger partial charge in [-0.15, -0.1) is 0 Å². The van der Waals surface area contributed by atoms with Gasteiger partial charge in [0.1, 0.15) is 0 Å². The molecule has 1 aromatic rings. The summed E-state index contributed by atoms with van der Waals surface area (Å²) in [6.07, 6.45) is 2.51. The molecule has 1 aliphatic rings. The number of rotatable bonds is 4. The van der Waals surface area contributed by atoms with Gasteiger partial charge in [0.25, 0.3) is 0 Å². The van der Waals surface area contributed by atoms with Crippen molar-refractivity contribution < 1.29 is 0 Å².